The van der Waals surface area contributed by atoms with Gasteiger partial charge in [-0.25, -0.2) is 8.42 Å². The highest BCUT2D eigenvalue weighted by Crippen LogP contribution is 2.24. The SMILES string of the molecule is O=C(NCCS(=O)(=O)N1CCN(c2cccc(Cl)c2)CC1)C1CCCCC1. The second-order valence-electron chi connectivity index (χ2n) is 7.31. The Morgan fingerprint density at radius 1 is 1.11 bits per heavy atom. The lowest BCUT2D eigenvalue weighted by Gasteiger charge is -2.35. The summed E-state index contributed by atoms with van der Waals surface area (Å²) in [5.74, 6) is 0.0289. The molecule has 0 unspecified atom stereocenters. The van der Waals surface area contributed by atoms with Gasteiger partial charge in [0.25, 0.3) is 0 Å². The highest BCUT2D eigenvalue weighted by Gasteiger charge is 2.27. The van der Waals surface area contributed by atoms with Crippen molar-refractivity contribution in [1.82, 2.24) is 9.62 Å². The van der Waals surface area contributed by atoms with E-state index in [0.717, 1.165) is 31.4 Å². The molecule has 2 aliphatic rings. The highest BCUT2D eigenvalue weighted by molar-refractivity contribution is 7.89. The number of sulfonamides is 1. The maximum absolute atomic E-state index is 12.6. The molecule has 3 rings (SSSR count). The average molecular weight is 414 g/mol. The van der Waals surface area contributed by atoms with Crippen LogP contribution in [0.3, 0.4) is 0 Å². The van der Waals surface area contributed by atoms with Crippen LogP contribution >= 0.6 is 11.6 Å². The van der Waals surface area contributed by atoms with Crippen LogP contribution in [0.25, 0.3) is 0 Å². The van der Waals surface area contributed by atoms with E-state index in [1.165, 1.54) is 10.7 Å². The van der Waals surface area contributed by atoms with E-state index in [-0.39, 0.29) is 24.1 Å². The van der Waals surface area contributed by atoms with Gasteiger partial charge in [-0.2, -0.15) is 4.31 Å². The van der Waals surface area contributed by atoms with Crippen molar-refractivity contribution in [2.45, 2.75) is 32.1 Å². The topological polar surface area (TPSA) is 69.7 Å². The predicted molar refractivity (Wildman–Crippen MR) is 109 cm³/mol. The lowest BCUT2D eigenvalue weighted by molar-refractivity contribution is -0.125. The molecule has 27 heavy (non-hydrogen) atoms. The van der Waals surface area contributed by atoms with Crippen LogP contribution in [-0.4, -0.2) is 57.1 Å². The zero-order valence-corrected chi connectivity index (χ0v) is 17.1. The number of amides is 1. The third kappa shape index (κ3) is 5.59. The minimum absolute atomic E-state index is 0.00988. The molecule has 1 amide bonds. The van der Waals surface area contributed by atoms with Crippen molar-refractivity contribution in [1.29, 1.82) is 0 Å². The largest absolute Gasteiger partial charge is 0.369 e. The number of anilines is 1. The minimum Gasteiger partial charge on any atom is -0.369 e. The maximum Gasteiger partial charge on any atom is 0.223 e. The second-order valence-corrected chi connectivity index (χ2v) is 9.83. The molecule has 0 bridgehead atoms. The number of carbonyl (C=O) groups excluding carboxylic acids is 1. The first-order valence-electron chi connectivity index (χ1n) is 9.72. The zero-order chi connectivity index (χ0) is 19.3. The zero-order valence-electron chi connectivity index (χ0n) is 15.6. The van der Waals surface area contributed by atoms with E-state index < -0.39 is 10.0 Å². The fraction of sp³-hybridized carbons (Fsp3) is 0.632. The van der Waals surface area contributed by atoms with Crippen LogP contribution < -0.4 is 10.2 Å². The number of rotatable bonds is 6. The molecular weight excluding hydrogens is 386 g/mol. The van der Waals surface area contributed by atoms with E-state index in [2.05, 4.69) is 10.2 Å². The van der Waals surface area contributed by atoms with Crippen LogP contribution in [0.4, 0.5) is 5.69 Å². The Balaban J connectivity index is 1.44. The molecule has 1 aliphatic carbocycles. The Morgan fingerprint density at radius 3 is 2.48 bits per heavy atom. The predicted octanol–water partition coefficient (Wildman–Crippen LogP) is 2.49. The van der Waals surface area contributed by atoms with Crippen molar-refractivity contribution in [3.05, 3.63) is 29.3 Å². The summed E-state index contributed by atoms with van der Waals surface area (Å²) in [6.07, 6.45) is 5.22. The molecule has 1 aromatic carbocycles. The molecule has 1 aliphatic heterocycles. The third-order valence-corrected chi connectivity index (χ3v) is 7.55. The van der Waals surface area contributed by atoms with Crippen LogP contribution in [0.15, 0.2) is 24.3 Å². The van der Waals surface area contributed by atoms with E-state index in [1.54, 1.807) is 0 Å². The van der Waals surface area contributed by atoms with Gasteiger partial charge in [0.2, 0.25) is 15.9 Å². The van der Waals surface area contributed by atoms with E-state index >= 15 is 0 Å². The molecule has 2 fully saturated rings. The number of benzene rings is 1. The number of carbonyl (C=O) groups is 1. The van der Waals surface area contributed by atoms with Crippen LogP contribution in [0, 0.1) is 5.92 Å². The number of nitrogens with zero attached hydrogens (tertiary/aromatic N) is 2. The van der Waals surface area contributed by atoms with Gasteiger partial charge in [0.05, 0.1) is 5.75 Å². The van der Waals surface area contributed by atoms with Crippen molar-refractivity contribution < 1.29 is 13.2 Å². The van der Waals surface area contributed by atoms with Gasteiger partial charge in [-0.1, -0.05) is 36.9 Å². The standard InChI is InChI=1S/C19H28ClN3O3S/c20-17-7-4-8-18(15-17)22-10-12-23(13-11-22)27(25,26)14-9-21-19(24)16-5-2-1-3-6-16/h4,7-8,15-16H,1-3,5-6,9-14H2,(H,21,24). The number of hydrogen-bond acceptors (Lipinski definition) is 4. The molecular formula is C19H28ClN3O3S. The summed E-state index contributed by atoms with van der Waals surface area (Å²) >= 11 is 6.04. The maximum atomic E-state index is 12.6. The first kappa shape index (κ1) is 20.4. The number of hydrogen-bond donors (Lipinski definition) is 1. The summed E-state index contributed by atoms with van der Waals surface area (Å²) in [4.78, 5) is 14.3. The normalized spacial score (nSPS) is 19.8. The van der Waals surface area contributed by atoms with Gasteiger partial charge in [0.1, 0.15) is 0 Å². The molecule has 150 valence electrons. The average Bonchev–Trinajstić information content (AvgIpc) is 2.68. The van der Waals surface area contributed by atoms with Crippen LogP contribution in [0.1, 0.15) is 32.1 Å². The minimum atomic E-state index is -3.36. The van der Waals surface area contributed by atoms with Gasteiger partial charge in [0, 0.05) is 49.4 Å². The van der Waals surface area contributed by atoms with Crippen LogP contribution in [0.5, 0.6) is 0 Å². The van der Waals surface area contributed by atoms with E-state index in [9.17, 15) is 13.2 Å². The summed E-state index contributed by atoms with van der Waals surface area (Å²) in [6.45, 7) is 2.35. The Labute approximate surface area is 166 Å². The fourth-order valence-electron chi connectivity index (χ4n) is 3.84. The summed E-state index contributed by atoms with van der Waals surface area (Å²) in [6, 6.07) is 7.60. The number of nitrogens with one attached hydrogen (secondary N) is 1. The molecule has 0 aromatic heterocycles. The van der Waals surface area contributed by atoms with Gasteiger partial charge in [0.15, 0.2) is 0 Å². The van der Waals surface area contributed by atoms with Crippen molar-refractivity contribution >= 4 is 33.2 Å². The lowest BCUT2D eigenvalue weighted by atomic mass is 9.89. The Morgan fingerprint density at radius 2 is 1.81 bits per heavy atom. The van der Waals surface area contributed by atoms with Crippen molar-refractivity contribution in [2.75, 3.05) is 43.4 Å². The van der Waals surface area contributed by atoms with Gasteiger partial charge in [-0.05, 0) is 31.0 Å². The fourth-order valence-corrected chi connectivity index (χ4v) is 5.36. The molecule has 1 saturated heterocycles. The molecule has 1 aromatic rings. The van der Waals surface area contributed by atoms with Gasteiger partial charge < -0.3 is 10.2 Å². The first-order chi connectivity index (χ1) is 13.0. The monoisotopic (exact) mass is 413 g/mol. The smallest absolute Gasteiger partial charge is 0.223 e. The molecule has 1 heterocycles. The molecule has 0 radical (unpaired) electrons. The Hall–Kier alpha value is -1.31. The van der Waals surface area contributed by atoms with Crippen molar-refractivity contribution in [2.24, 2.45) is 5.92 Å². The lowest BCUT2D eigenvalue weighted by Crippen LogP contribution is -2.50. The highest BCUT2D eigenvalue weighted by atomic mass is 35.5. The molecule has 1 saturated carbocycles. The van der Waals surface area contributed by atoms with Gasteiger partial charge in [-0.15, -0.1) is 0 Å². The van der Waals surface area contributed by atoms with Gasteiger partial charge >= 0.3 is 0 Å². The summed E-state index contributed by atoms with van der Waals surface area (Å²) in [7, 11) is -3.36. The molecule has 6 nitrogen and oxygen atoms in total. The van der Waals surface area contributed by atoms with Crippen LogP contribution in [0.2, 0.25) is 5.02 Å². The Bertz CT molecular complexity index is 742. The number of piperazine rings is 1. The summed E-state index contributed by atoms with van der Waals surface area (Å²) in [5, 5.41) is 3.50. The van der Waals surface area contributed by atoms with E-state index in [4.69, 9.17) is 11.6 Å². The Kier molecular flexibility index (Phi) is 7.00. The summed E-state index contributed by atoms with van der Waals surface area (Å²) < 4.78 is 26.7. The van der Waals surface area contributed by atoms with Crippen molar-refractivity contribution in [3.8, 4) is 0 Å². The van der Waals surface area contributed by atoms with E-state index in [1.807, 2.05) is 24.3 Å². The molecule has 1 N–H and O–H groups in total. The van der Waals surface area contributed by atoms with Gasteiger partial charge in [-0.3, -0.25) is 4.79 Å². The first-order valence-corrected chi connectivity index (χ1v) is 11.7. The second kappa shape index (κ2) is 9.26. The number of halogens is 1. The van der Waals surface area contributed by atoms with E-state index in [0.29, 0.717) is 31.2 Å². The summed E-state index contributed by atoms with van der Waals surface area (Å²) in [5.41, 5.74) is 1.01. The molecule has 8 heteroatoms. The van der Waals surface area contributed by atoms with Crippen molar-refractivity contribution in [3.63, 3.8) is 0 Å². The molecule has 0 spiro atoms. The quantitative estimate of drug-likeness (QED) is 0.777. The van der Waals surface area contributed by atoms with Crippen LogP contribution in [-0.2, 0) is 14.8 Å². The molecule has 0 atom stereocenters. The third-order valence-electron chi connectivity index (χ3n) is 5.44.